The van der Waals surface area contributed by atoms with E-state index in [1.807, 2.05) is 13.0 Å². The van der Waals surface area contributed by atoms with E-state index in [1.54, 1.807) is 11.3 Å². The van der Waals surface area contributed by atoms with E-state index in [0.29, 0.717) is 31.3 Å². The lowest BCUT2D eigenvalue weighted by atomic mass is 9.84. The van der Waals surface area contributed by atoms with Gasteiger partial charge in [0.25, 0.3) is 0 Å². The van der Waals surface area contributed by atoms with E-state index < -0.39 is 0 Å². The highest BCUT2D eigenvalue weighted by Gasteiger charge is 2.29. The van der Waals surface area contributed by atoms with E-state index in [2.05, 4.69) is 70.0 Å². The average molecular weight is 557 g/mol. The fraction of sp³-hybridized carbons (Fsp3) is 0.706. The fourth-order valence-corrected chi connectivity index (χ4v) is 7.40. The van der Waals surface area contributed by atoms with E-state index in [0.717, 1.165) is 55.3 Å². The number of carbonyl (C=O) groups excluding carboxylic acids is 2. The van der Waals surface area contributed by atoms with Crippen molar-refractivity contribution in [3.63, 3.8) is 0 Å². The van der Waals surface area contributed by atoms with E-state index in [-0.39, 0.29) is 17.5 Å². The number of thiophene rings is 1. The standard InChI is InChI=1S/C34H56N2O2S/c1-9-14-17-32(37)30(27(15-10-2)16-11-3)22-26(12-4)23-33(38)31-24-39-34(25(31)6)36(13-5)29-20-18-28(19-21-29)35(7)8/h10,15,24,26,28-29H,9,11-14,16-23H2,1-8H3. The molecule has 4 nitrogen and oxygen atoms in total. The highest BCUT2D eigenvalue weighted by atomic mass is 32.1. The third kappa shape index (κ3) is 9.42. The number of unbranched alkanes of at least 4 members (excludes halogenated alkanes) is 1. The first-order valence-corrected chi connectivity index (χ1v) is 16.5. The Labute approximate surface area is 243 Å². The van der Waals surface area contributed by atoms with Crippen molar-refractivity contribution in [1.82, 2.24) is 4.90 Å². The summed E-state index contributed by atoms with van der Waals surface area (Å²) in [5.74, 6) is 0.694. The molecule has 1 aromatic rings. The second-order valence-electron chi connectivity index (χ2n) is 11.7. The molecule has 0 aromatic carbocycles. The Morgan fingerprint density at radius 1 is 1.00 bits per heavy atom. The normalized spacial score (nSPS) is 19.4. The second kappa shape index (κ2) is 17.2. The van der Waals surface area contributed by atoms with E-state index in [1.165, 1.54) is 36.3 Å². The van der Waals surface area contributed by atoms with Crippen LogP contribution in [-0.4, -0.2) is 49.2 Å². The van der Waals surface area contributed by atoms with Crippen LogP contribution in [0, 0.1) is 12.8 Å². The topological polar surface area (TPSA) is 40.6 Å². The molecular weight excluding hydrogens is 500 g/mol. The van der Waals surface area contributed by atoms with Gasteiger partial charge in [0.1, 0.15) is 0 Å². The quantitative estimate of drug-likeness (QED) is 0.109. The second-order valence-corrected chi connectivity index (χ2v) is 12.5. The molecule has 1 heterocycles. The minimum Gasteiger partial charge on any atom is -0.361 e. The number of hydrogen-bond acceptors (Lipinski definition) is 5. The number of hydrogen-bond donors (Lipinski definition) is 0. The molecule has 0 saturated heterocycles. The fourth-order valence-electron chi connectivity index (χ4n) is 6.16. The summed E-state index contributed by atoms with van der Waals surface area (Å²) in [7, 11) is 4.39. The minimum absolute atomic E-state index is 0.182. The Morgan fingerprint density at radius 3 is 2.21 bits per heavy atom. The van der Waals surface area contributed by atoms with E-state index in [9.17, 15) is 9.59 Å². The third-order valence-electron chi connectivity index (χ3n) is 8.67. The first-order valence-electron chi connectivity index (χ1n) is 15.6. The molecule has 1 unspecified atom stereocenters. The van der Waals surface area contributed by atoms with Crippen molar-refractivity contribution >= 4 is 27.9 Å². The van der Waals surface area contributed by atoms with Gasteiger partial charge in [0.15, 0.2) is 11.6 Å². The zero-order valence-electron chi connectivity index (χ0n) is 26.3. The number of allylic oxidation sites excluding steroid dienone is 4. The Kier molecular flexibility index (Phi) is 14.7. The molecule has 1 aliphatic rings. The largest absolute Gasteiger partial charge is 0.361 e. The molecule has 1 saturated carbocycles. The van der Waals surface area contributed by atoms with Gasteiger partial charge >= 0.3 is 0 Å². The van der Waals surface area contributed by atoms with Crippen LogP contribution in [0.25, 0.3) is 0 Å². The van der Waals surface area contributed by atoms with E-state index >= 15 is 0 Å². The van der Waals surface area contributed by atoms with Gasteiger partial charge < -0.3 is 9.80 Å². The number of Topliss-reactive ketones (excluding diaryl/α,β-unsaturated/α-hetero) is 2. The lowest BCUT2D eigenvalue weighted by Gasteiger charge is -2.39. The lowest BCUT2D eigenvalue weighted by molar-refractivity contribution is -0.116. The minimum atomic E-state index is 0.182. The van der Waals surface area contributed by atoms with Crippen molar-refractivity contribution in [2.24, 2.45) is 5.92 Å². The summed E-state index contributed by atoms with van der Waals surface area (Å²) < 4.78 is 0. The monoisotopic (exact) mass is 556 g/mol. The van der Waals surface area contributed by atoms with Crippen LogP contribution in [0.2, 0.25) is 0 Å². The lowest BCUT2D eigenvalue weighted by Crippen LogP contribution is -2.42. The number of rotatable bonds is 17. The number of anilines is 1. The maximum absolute atomic E-state index is 13.7. The van der Waals surface area contributed by atoms with Gasteiger partial charge in [0.05, 0.1) is 5.00 Å². The molecule has 0 N–H and O–H groups in total. The maximum atomic E-state index is 13.7. The van der Waals surface area contributed by atoms with Crippen LogP contribution >= 0.6 is 11.3 Å². The van der Waals surface area contributed by atoms with Gasteiger partial charge in [-0.25, -0.2) is 0 Å². The van der Waals surface area contributed by atoms with Gasteiger partial charge in [-0.2, -0.15) is 0 Å². The van der Waals surface area contributed by atoms with Gasteiger partial charge in [0.2, 0.25) is 0 Å². The zero-order valence-corrected chi connectivity index (χ0v) is 27.1. The van der Waals surface area contributed by atoms with Crippen molar-refractivity contribution in [2.45, 2.75) is 131 Å². The summed E-state index contributed by atoms with van der Waals surface area (Å²) in [6, 6.07) is 1.24. The molecular formula is C34H56N2O2S. The van der Waals surface area contributed by atoms with Crippen LogP contribution in [0.3, 0.4) is 0 Å². The number of carbonyl (C=O) groups is 2. The molecule has 220 valence electrons. The third-order valence-corrected chi connectivity index (χ3v) is 9.78. The molecule has 1 atom stereocenters. The van der Waals surface area contributed by atoms with Crippen LogP contribution in [0.15, 0.2) is 28.7 Å². The Morgan fingerprint density at radius 2 is 1.67 bits per heavy atom. The summed E-state index contributed by atoms with van der Waals surface area (Å²) in [6.45, 7) is 13.8. The predicted molar refractivity (Wildman–Crippen MR) is 170 cm³/mol. The van der Waals surface area contributed by atoms with Crippen molar-refractivity contribution in [3.05, 3.63) is 39.8 Å². The van der Waals surface area contributed by atoms with Crippen LogP contribution in [0.5, 0.6) is 0 Å². The summed E-state index contributed by atoms with van der Waals surface area (Å²) in [5.41, 5.74) is 4.17. The molecule has 5 heteroatoms. The molecule has 1 aromatic heterocycles. The molecule has 2 rings (SSSR count). The average Bonchev–Trinajstić information content (AvgIpc) is 3.31. The van der Waals surface area contributed by atoms with Crippen molar-refractivity contribution in [1.29, 1.82) is 0 Å². The smallest absolute Gasteiger partial charge is 0.164 e. The molecule has 0 spiro atoms. The SMILES string of the molecule is CC=CC(CCC)=C(CC(CC)CC(=O)c1csc(N(CC)C2CCC(N(C)C)CC2)c1C)C(=O)CCCC. The predicted octanol–water partition coefficient (Wildman–Crippen LogP) is 9.18. The molecule has 0 amide bonds. The highest BCUT2D eigenvalue weighted by Crippen LogP contribution is 2.37. The van der Waals surface area contributed by atoms with Crippen LogP contribution < -0.4 is 4.90 Å². The van der Waals surface area contributed by atoms with Crippen molar-refractivity contribution in [3.8, 4) is 0 Å². The first kappa shape index (κ1) is 33.5. The highest BCUT2D eigenvalue weighted by molar-refractivity contribution is 7.14. The summed E-state index contributed by atoms with van der Waals surface area (Å²) in [6.07, 6.45) is 15.7. The summed E-state index contributed by atoms with van der Waals surface area (Å²) >= 11 is 1.74. The molecule has 39 heavy (non-hydrogen) atoms. The molecule has 0 bridgehead atoms. The Hall–Kier alpha value is -1.72. The van der Waals surface area contributed by atoms with Crippen LogP contribution in [0.1, 0.15) is 128 Å². The Bertz CT molecular complexity index is 966. The van der Waals surface area contributed by atoms with Gasteiger partial charge in [-0.1, -0.05) is 52.2 Å². The van der Waals surface area contributed by atoms with Gasteiger partial charge in [-0.15, -0.1) is 11.3 Å². The first-order chi connectivity index (χ1) is 18.7. The van der Waals surface area contributed by atoms with Gasteiger partial charge in [0, 0.05) is 42.4 Å². The van der Waals surface area contributed by atoms with Crippen LogP contribution in [0.4, 0.5) is 5.00 Å². The van der Waals surface area contributed by atoms with Gasteiger partial charge in [-0.3, -0.25) is 9.59 Å². The maximum Gasteiger partial charge on any atom is 0.164 e. The molecule has 0 radical (unpaired) electrons. The number of ketones is 2. The molecule has 1 aliphatic carbocycles. The zero-order chi connectivity index (χ0) is 28.9. The van der Waals surface area contributed by atoms with Gasteiger partial charge in [-0.05, 0) is 102 Å². The van der Waals surface area contributed by atoms with Crippen molar-refractivity contribution in [2.75, 3.05) is 25.5 Å². The Balaban J connectivity index is 2.21. The van der Waals surface area contributed by atoms with Crippen LogP contribution in [-0.2, 0) is 4.79 Å². The molecule has 0 aliphatic heterocycles. The van der Waals surface area contributed by atoms with E-state index in [4.69, 9.17) is 0 Å². The summed E-state index contributed by atoms with van der Waals surface area (Å²) in [5, 5.41) is 3.37. The molecule has 1 fully saturated rings. The number of nitrogens with zero attached hydrogens (tertiary/aromatic N) is 2. The summed E-state index contributed by atoms with van der Waals surface area (Å²) in [4.78, 5) is 31.9. The van der Waals surface area contributed by atoms with Crippen molar-refractivity contribution < 1.29 is 9.59 Å².